The van der Waals surface area contributed by atoms with Gasteiger partial charge in [-0.3, -0.25) is 14.4 Å². The predicted octanol–water partition coefficient (Wildman–Crippen LogP) is -0.547. The normalized spacial score (nSPS) is 27.7. The van der Waals surface area contributed by atoms with Crippen molar-refractivity contribution in [2.45, 2.75) is 75.5 Å². The highest BCUT2D eigenvalue weighted by atomic mass is 16.7. The number of aromatic hydroxyl groups is 2. The van der Waals surface area contributed by atoms with E-state index >= 15 is 0 Å². The Morgan fingerprint density at radius 1 is 1.13 bits per heavy atom. The van der Waals surface area contributed by atoms with Crippen molar-refractivity contribution in [2.75, 3.05) is 13.7 Å². The molecule has 1 fully saturated rings. The summed E-state index contributed by atoms with van der Waals surface area (Å²) in [6.07, 6.45) is -6.35. The van der Waals surface area contributed by atoms with E-state index in [1.807, 2.05) is 0 Å². The fourth-order valence-electron chi connectivity index (χ4n) is 5.75. The standard InChI is InChI=1S/C27H29NO11.C3H6O3/c1-10-22(31)13(28)6-17(38-10)39-15-8-27(36,16(30)9-29)7-12-19(15)26(35)21-20(24(12)33)23(32)11-4-3-5-14(37-2)18(11)25(21)34;1-2(4)3(5)6/h3-5,10,13,15,17,22,29,31,33,35-36H,6-9,28H2,1-2H3;2,4H,1H3,(H,5,6)/t10-,13-,15-,17-,22-,27-;/m0./s1. The van der Waals surface area contributed by atoms with Crippen molar-refractivity contribution in [1.82, 2.24) is 0 Å². The molecule has 0 aromatic heterocycles. The molecule has 1 unspecified atom stereocenters. The Bertz CT molecular complexity index is 1530. The highest BCUT2D eigenvalue weighted by molar-refractivity contribution is 6.31. The molecule has 7 atom stereocenters. The summed E-state index contributed by atoms with van der Waals surface area (Å²) in [4.78, 5) is 49.2. The quantitative estimate of drug-likeness (QED) is 0.158. The number of aliphatic hydroxyl groups is 4. The summed E-state index contributed by atoms with van der Waals surface area (Å²) in [6.45, 7) is 1.76. The number of Topliss-reactive ketones (excluding diaryl/α,β-unsaturated/α-hetero) is 1. The third-order valence-corrected chi connectivity index (χ3v) is 8.16. The lowest BCUT2D eigenvalue weighted by Gasteiger charge is -2.42. The molecule has 244 valence electrons. The van der Waals surface area contributed by atoms with Crippen LogP contribution in [0.25, 0.3) is 0 Å². The number of carboxylic acid groups (broad SMARTS) is 1. The summed E-state index contributed by atoms with van der Waals surface area (Å²) < 4.78 is 17.0. The van der Waals surface area contributed by atoms with Gasteiger partial charge in [0, 0.05) is 42.0 Å². The molecule has 1 heterocycles. The zero-order valence-electron chi connectivity index (χ0n) is 24.6. The van der Waals surface area contributed by atoms with Gasteiger partial charge in [0.05, 0.1) is 42.1 Å². The first-order valence-corrected chi connectivity index (χ1v) is 14.0. The molecule has 2 aromatic rings. The number of benzene rings is 2. The van der Waals surface area contributed by atoms with Crippen LogP contribution in [0.1, 0.15) is 75.8 Å². The van der Waals surface area contributed by atoms with Gasteiger partial charge in [-0.2, -0.15) is 0 Å². The molecule has 1 saturated heterocycles. The van der Waals surface area contributed by atoms with Gasteiger partial charge in [-0.1, -0.05) is 12.1 Å². The van der Waals surface area contributed by atoms with Gasteiger partial charge in [0.25, 0.3) is 0 Å². The summed E-state index contributed by atoms with van der Waals surface area (Å²) in [6, 6.07) is 3.64. The van der Waals surface area contributed by atoms with E-state index in [2.05, 4.69) is 0 Å². The highest BCUT2D eigenvalue weighted by Crippen LogP contribution is 2.52. The maximum atomic E-state index is 13.6. The van der Waals surface area contributed by atoms with Crippen LogP contribution in [-0.4, -0.2) is 109 Å². The number of hydrogen-bond donors (Lipinski definition) is 8. The van der Waals surface area contributed by atoms with Crippen LogP contribution in [0.5, 0.6) is 17.2 Å². The Labute approximate surface area is 256 Å². The number of hydrogen-bond acceptors (Lipinski definition) is 14. The molecule has 0 bridgehead atoms. The molecule has 15 heteroatoms. The number of nitrogens with two attached hydrogens (primary N) is 1. The van der Waals surface area contributed by atoms with Gasteiger partial charge in [-0.05, 0) is 19.9 Å². The number of aliphatic hydroxyl groups excluding tert-OH is 3. The van der Waals surface area contributed by atoms with Gasteiger partial charge in [-0.15, -0.1) is 0 Å². The average Bonchev–Trinajstić information content (AvgIpc) is 2.99. The molecule has 0 saturated carbocycles. The zero-order chi connectivity index (χ0) is 33.5. The first kappa shape index (κ1) is 33.9. The van der Waals surface area contributed by atoms with Crippen LogP contribution < -0.4 is 10.5 Å². The molecule has 15 nitrogen and oxygen atoms in total. The van der Waals surface area contributed by atoms with Gasteiger partial charge >= 0.3 is 5.97 Å². The van der Waals surface area contributed by atoms with Gasteiger partial charge in [-0.25, -0.2) is 4.79 Å². The number of carboxylic acids is 1. The lowest BCUT2D eigenvalue weighted by molar-refractivity contribution is -0.247. The minimum atomic E-state index is -2.24. The lowest BCUT2D eigenvalue weighted by Crippen LogP contribution is -2.53. The van der Waals surface area contributed by atoms with Crippen LogP contribution in [0.3, 0.4) is 0 Å². The zero-order valence-corrected chi connectivity index (χ0v) is 24.6. The van der Waals surface area contributed by atoms with Crippen molar-refractivity contribution in [3.63, 3.8) is 0 Å². The van der Waals surface area contributed by atoms with Gasteiger partial charge in [0.1, 0.15) is 35.6 Å². The maximum Gasteiger partial charge on any atom is 0.332 e. The summed E-state index contributed by atoms with van der Waals surface area (Å²) in [7, 11) is 1.32. The molecule has 1 aliphatic heterocycles. The maximum absolute atomic E-state index is 13.6. The van der Waals surface area contributed by atoms with E-state index in [-0.39, 0.29) is 34.4 Å². The SMILES string of the molecule is CC(O)C(=O)O.COc1cccc2c1C(=O)c1c(O)c3c(c(O)c1C2=O)C[C@@](O)(C(=O)CO)C[C@@H]3O[C@H]1C[C@H](N)[C@@H](O)[C@H](C)O1. The van der Waals surface area contributed by atoms with Gasteiger partial charge in [0.2, 0.25) is 5.78 Å². The van der Waals surface area contributed by atoms with Crippen molar-refractivity contribution in [1.29, 1.82) is 0 Å². The number of ketones is 3. The predicted molar refractivity (Wildman–Crippen MR) is 151 cm³/mol. The van der Waals surface area contributed by atoms with E-state index in [0.717, 1.165) is 0 Å². The van der Waals surface area contributed by atoms with E-state index in [0.29, 0.717) is 0 Å². The summed E-state index contributed by atoms with van der Waals surface area (Å²) >= 11 is 0. The van der Waals surface area contributed by atoms with Crippen molar-refractivity contribution >= 4 is 23.3 Å². The van der Waals surface area contributed by atoms with Crippen molar-refractivity contribution in [3.05, 3.63) is 51.6 Å². The third-order valence-electron chi connectivity index (χ3n) is 8.16. The Hall–Kier alpha value is -3.96. The topological polar surface area (TPSA) is 264 Å². The number of methoxy groups -OCH3 is 1. The Morgan fingerprint density at radius 3 is 2.31 bits per heavy atom. The van der Waals surface area contributed by atoms with Gasteiger partial charge < -0.3 is 55.7 Å². The van der Waals surface area contributed by atoms with Gasteiger partial charge in [0.15, 0.2) is 17.9 Å². The molecule has 45 heavy (non-hydrogen) atoms. The van der Waals surface area contributed by atoms with E-state index in [9.17, 15) is 44.7 Å². The fourth-order valence-corrected chi connectivity index (χ4v) is 5.75. The molecule has 0 amide bonds. The molecule has 0 spiro atoms. The van der Waals surface area contributed by atoms with Crippen LogP contribution in [0, 0.1) is 0 Å². The second kappa shape index (κ2) is 12.8. The van der Waals surface area contributed by atoms with Crippen molar-refractivity contribution in [2.24, 2.45) is 5.73 Å². The first-order valence-electron chi connectivity index (χ1n) is 14.0. The highest BCUT2D eigenvalue weighted by Gasteiger charge is 2.50. The number of phenolic OH excluding ortho intramolecular Hbond substituents is 2. The average molecular weight is 634 g/mol. The summed E-state index contributed by atoms with van der Waals surface area (Å²) in [5.41, 5.74) is 2.37. The first-order chi connectivity index (χ1) is 21.1. The second-order valence-electron chi connectivity index (χ2n) is 11.2. The van der Waals surface area contributed by atoms with Crippen LogP contribution in [-0.2, 0) is 25.5 Å². The monoisotopic (exact) mass is 633 g/mol. The number of ether oxygens (including phenoxy) is 3. The lowest BCUT2D eigenvalue weighted by atomic mass is 9.72. The number of phenols is 2. The smallest absolute Gasteiger partial charge is 0.332 e. The van der Waals surface area contributed by atoms with Crippen molar-refractivity contribution < 1.29 is 69.1 Å². The molecule has 2 aliphatic carbocycles. The van der Waals surface area contributed by atoms with E-state index < -0.39 is 108 Å². The van der Waals surface area contributed by atoms with E-state index in [4.69, 9.17) is 30.2 Å². The molecule has 0 radical (unpaired) electrons. The van der Waals surface area contributed by atoms with Crippen LogP contribution >= 0.6 is 0 Å². The minimum Gasteiger partial charge on any atom is -0.507 e. The van der Waals surface area contributed by atoms with E-state index in [1.165, 1.54) is 32.2 Å². The Balaban J connectivity index is 0.000000700. The number of fused-ring (bicyclic) bond motifs is 3. The van der Waals surface area contributed by atoms with Crippen LogP contribution in [0.15, 0.2) is 18.2 Å². The largest absolute Gasteiger partial charge is 0.507 e. The number of carbonyl (C=O) groups is 4. The number of rotatable bonds is 6. The Kier molecular flexibility index (Phi) is 9.65. The van der Waals surface area contributed by atoms with Crippen LogP contribution in [0.2, 0.25) is 0 Å². The van der Waals surface area contributed by atoms with E-state index in [1.54, 1.807) is 6.92 Å². The number of aliphatic carboxylic acids is 1. The number of carbonyl (C=O) groups excluding carboxylic acids is 3. The summed E-state index contributed by atoms with van der Waals surface area (Å²) in [5.74, 6) is -4.96. The van der Waals surface area contributed by atoms with Crippen molar-refractivity contribution in [3.8, 4) is 17.2 Å². The fraction of sp³-hybridized carbons (Fsp3) is 0.467. The van der Waals surface area contributed by atoms with Crippen LogP contribution in [0.4, 0.5) is 0 Å². The third kappa shape index (κ3) is 6.03. The minimum absolute atomic E-state index is 0.0173. The summed E-state index contributed by atoms with van der Waals surface area (Å²) in [5, 5.41) is 69.5. The Morgan fingerprint density at radius 2 is 1.76 bits per heavy atom. The molecular formula is C30H35NO14. The molecular weight excluding hydrogens is 598 g/mol. The second-order valence-corrected chi connectivity index (χ2v) is 11.2. The molecule has 9 N–H and O–H groups in total. The molecule has 5 rings (SSSR count). The molecule has 3 aliphatic rings. The molecule has 2 aromatic carbocycles.